The Kier molecular flexibility index (Phi) is 4.60. The molecule has 0 amide bonds. The lowest BCUT2D eigenvalue weighted by atomic mass is 10.0. The van der Waals surface area contributed by atoms with Gasteiger partial charge in [0.05, 0.1) is 0 Å². The molecule has 11 heavy (non-hydrogen) atoms. The van der Waals surface area contributed by atoms with Crippen LogP contribution in [0.5, 0.6) is 0 Å². The summed E-state index contributed by atoms with van der Waals surface area (Å²) in [6, 6.07) is 0. The fraction of sp³-hybridized carbons (Fsp3) is 1.00. The second-order valence-corrected chi connectivity index (χ2v) is 3.64. The minimum Gasteiger partial charge on any atom is -0.385 e. The van der Waals surface area contributed by atoms with E-state index >= 15 is 0 Å². The van der Waals surface area contributed by atoms with E-state index in [1.54, 1.807) is 7.11 Å². The van der Waals surface area contributed by atoms with Gasteiger partial charge in [-0.2, -0.15) is 0 Å². The van der Waals surface area contributed by atoms with Gasteiger partial charge in [-0.25, -0.2) is 0 Å². The molecular weight excluding hydrogens is 136 g/mol. The van der Waals surface area contributed by atoms with Crippen molar-refractivity contribution < 1.29 is 4.74 Å². The molecule has 0 unspecified atom stereocenters. The minimum absolute atomic E-state index is 0.951. The summed E-state index contributed by atoms with van der Waals surface area (Å²) in [7, 11) is 1.79. The minimum atomic E-state index is 0.951. The molecule has 1 nitrogen and oxygen atoms in total. The molecule has 1 fully saturated rings. The molecule has 1 saturated carbocycles. The second kappa shape index (κ2) is 5.59. The second-order valence-electron chi connectivity index (χ2n) is 3.64. The number of methoxy groups -OCH3 is 1. The van der Waals surface area contributed by atoms with Gasteiger partial charge in [0.15, 0.2) is 0 Å². The van der Waals surface area contributed by atoms with E-state index in [1.165, 1.54) is 44.9 Å². The van der Waals surface area contributed by atoms with E-state index in [9.17, 15) is 0 Å². The van der Waals surface area contributed by atoms with Crippen LogP contribution < -0.4 is 0 Å². The van der Waals surface area contributed by atoms with Crippen molar-refractivity contribution in [2.24, 2.45) is 5.92 Å². The van der Waals surface area contributed by atoms with Crippen LogP contribution in [0.4, 0.5) is 0 Å². The smallest absolute Gasteiger partial charge is 0.0462 e. The Labute approximate surface area is 70.1 Å². The Hall–Kier alpha value is -0.0400. The molecule has 0 aromatic rings. The molecule has 1 rings (SSSR count). The highest BCUT2D eigenvalue weighted by atomic mass is 16.5. The van der Waals surface area contributed by atoms with Crippen molar-refractivity contribution in [3.63, 3.8) is 0 Å². The van der Waals surface area contributed by atoms with Crippen LogP contribution in [0.1, 0.15) is 44.9 Å². The Balaban J connectivity index is 1.86. The van der Waals surface area contributed by atoms with E-state index in [0.29, 0.717) is 0 Å². The summed E-state index contributed by atoms with van der Waals surface area (Å²) in [5, 5.41) is 0. The van der Waals surface area contributed by atoms with Crippen LogP contribution in [-0.2, 0) is 4.74 Å². The zero-order chi connectivity index (χ0) is 7.94. The molecule has 0 aromatic carbocycles. The van der Waals surface area contributed by atoms with Gasteiger partial charge in [-0.1, -0.05) is 38.5 Å². The third kappa shape index (κ3) is 3.76. The van der Waals surface area contributed by atoms with Crippen LogP contribution in [0.25, 0.3) is 0 Å². The molecule has 1 aliphatic rings. The van der Waals surface area contributed by atoms with Crippen LogP contribution in [0, 0.1) is 5.92 Å². The van der Waals surface area contributed by atoms with Gasteiger partial charge in [0, 0.05) is 13.7 Å². The molecule has 0 aromatic heterocycles. The predicted molar refractivity (Wildman–Crippen MR) is 47.7 cm³/mol. The third-order valence-electron chi connectivity index (χ3n) is 2.69. The van der Waals surface area contributed by atoms with E-state index < -0.39 is 0 Å². The van der Waals surface area contributed by atoms with Crippen molar-refractivity contribution in [1.82, 2.24) is 0 Å². The number of hydrogen-bond donors (Lipinski definition) is 0. The Morgan fingerprint density at radius 3 is 2.55 bits per heavy atom. The highest BCUT2D eigenvalue weighted by Crippen LogP contribution is 2.28. The summed E-state index contributed by atoms with van der Waals surface area (Å²) in [5.41, 5.74) is 0. The van der Waals surface area contributed by atoms with E-state index in [2.05, 4.69) is 0 Å². The lowest BCUT2D eigenvalue weighted by Crippen LogP contribution is -1.95. The normalized spacial score (nSPS) is 19.4. The molecular formula is C10H20O. The molecule has 0 atom stereocenters. The molecule has 0 radical (unpaired) electrons. The number of rotatable bonds is 5. The maximum absolute atomic E-state index is 5.01. The topological polar surface area (TPSA) is 9.23 Å². The molecule has 1 aliphatic carbocycles. The summed E-state index contributed by atoms with van der Waals surface area (Å²) in [6.07, 6.45) is 10.0. The van der Waals surface area contributed by atoms with Crippen LogP contribution in [-0.4, -0.2) is 13.7 Å². The molecule has 66 valence electrons. The highest BCUT2D eigenvalue weighted by Gasteiger charge is 2.13. The molecule has 0 bridgehead atoms. The highest BCUT2D eigenvalue weighted by molar-refractivity contribution is 4.66. The first-order valence-corrected chi connectivity index (χ1v) is 4.92. The lowest BCUT2D eigenvalue weighted by molar-refractivity contribution is 0.190. The maximum atomic E-state index is 5.01. The van der Waals surface area contributed by atoms with Gasteiger partial charge in [0.25, 0.3) is 0 Å². The van der Waals surface area contributed by atoms with E-state index in [-0.39, 0.29) is 0 Å². The first-order chi connectivity index (χ1) is 5.43. The molecule has 0 N–H and O–H groups in total. The molecule has 0 spiro atoms. The van der Waals surface area contributed by atoms with Gasteiger partial charge < -0.3 is 4.74 Å². The Bertz CT molecular complexity index is 84.9. The van der Waals surface area contributed by atoms with Gasteiger partial charge in [-0.15, -0.1) is 0 Å². The monoisotopic (exact) mass is 156 g/mol. The molecule has 0 aliphatic heterocycles. The van der Waals surface area contributed by atoms with E-state index in [4.69, 9.17) is 4.74 Å². The first-order valence-electron chi connectivity index (χ1n) is 4.92. The summed E-state index contributed by atoms with van der Waals surface area (Å²) in [5.74, 6) is 1.06. The summed E-state index contributed by atoms with van der Waals surface area (Å²) >= 11 is 0. The average Bonchev–Trinajstić information content (AvgIpc) is 2.50. The zero-order valence-corrected chi connectivity index (χ0v) is 7.64. The van der Waals surface area contributed by atoms with Gasteiger partial charge >= 0.3 is 0 Å². The maximum Gasteiger partial charge on any atom is 0.0462 e. The van der Waals surface area contributed by atoms with Gasteiger partial charge in [0.1, 0.15) is 0 Å². The predicted octanol–water partition coefficient (Wildman–Crippen LogP) is 2.99. The molecule has 0 heterocycles. The quantitative estimate of drug-likeness (QED) is 0.556. The fourth-order valence-electron chi connectivity index (χ4n) is 1.98. The Morgan fingerprint density at radius 2 is 1.91 bits per heavy atom. The summed E-state index contributed by atoms with van der Waals surface area (Å²) in [6.45, 7) is 0.951. The van der Waals surface area contributed by atoms with E-state index in [1.807, 2.05) is 0 Å². The SMILES string of the molecule is COCCCCC1CCCC1. The van der Waals surface area contributed by atoms with Crippen molar-refractivity contribution >= 4 is 0 Å². The number of unbranched alkanes of at least 4 members (excludes halogenated alkanes) is 1. The first kappa shape index (κ1) is 9.05. The number of ether oxygens (including phenoxy) is 1. The average molecular weight is 156 g/mol. The third-order valence-corrected chi connectivity index (χ3v) is 2.69. The van der Waals surface area contributed by atoms with Gasteiger partial charge in [0.2, 0.25) is 0 Å². The number of hydrogen-bond acceptors (Lipinski definition) is 1. The zero-order valence-electron chi connectivity index (χ0n) is 7.64. The van der Waals surface area contributed by atoms with Gasteiger partial charge in [-0.05, 0) is 12.3 Å². The van der Waals surface area contributed by atoms with E-state index in [0.717, 1.165) is 12.5 Å². The van der Waals surface area contributed by atoms with Gasteiger partial charge in [-0.3, -0.25) is 0 Å². The van der Waals surface area contributed by atoms with Crippen molar-refractivity contribution in [2.45, 2.75) is 44.9 Å². The molecule has 1 heteroatoms. The molecule has 0 saturated heterocycles. The van der Waals surface area contributed by atoms with Crippen molar-refractivity contribution in [3.8, 4) is 0 Å². The van der Waals surface area contributed by atoms with Crippen LogP contribution in [0.3, 0.4) is 0 Å². The van der Waals surface area contributed by atoms with Crippen molar-refractivity contribution in [2.75, 3.05) is 13.7 Å². The standard InChI is InChI=1S/C10H20O/c1-11-9-5-4-8-10-6-2-3-7-10/h10H,2-9H2,1H3. The fourth-order valence-corrected chi connectivity index (χ4v) is 1.98. The van der Waals surface area contributed by atoms with Crippen molar-refractivity contribution in [1.29, 1.82) is 0 Å². The van der Waals surface area contributed by atoms with Crippen LogP contribution >= 0.6 is 0 Å². The largest absolute Gasteiger partial charge is 0.385 e. The summed E-state index contributed by atoms with van der Waals surface area (Å²) in [4.78, 5) is 0. The lowest BCUT2D eigenvalue weighted by Gasteiger charge is -2.06. The van der Waals surface area contributed by atoms with Crippen LogP contribution in [0.15, 0.2) is 0 Å². The Morgan fingerprint density at radius 1 is 1.18 bits per heavy atom. The van der Waals surface area contributed by atoms with Crippen molar-refractivity contribution in [3.05, 3.63) is 0 Å². The van der Waals surface area contributed by atoms with Crippen LogP contribution in [0.2, 0.25) is 0 Å². The summed E-state index contributed by atoms with van der Waals surface area (Å²) < 4.78 is 5.01.